The maximum atomic E-state index is 5.35. The zero-order valence-electron chi connectivity index (χ0n) is 9.63. The van der Waals surface area contributed by atoms with Crippen LogP contribution in [0, 0.1) is 0 Å². The second kappa shape index (κ2) is 3.98. The molecule has 84 valence electrons. The predicted octanol–water partition coefficient (Wildman–Crippen LogP) is 3.37. The van der Waals surface area contributed by atoms with Gasteiger partial charge in [-0.05, 0) is 11.6 Å². The largest absolute Gasteiger partial charge is 0.417 e. The van der Waals surface area contributed by atoms with Gasteiger partial charge < -0.3 is 4.84 Å². The van der Waals surface area contributed by atoms with E-state index in [1.54, 1.807) is 11.8 Å². The number of hydrogen-bond donors (Lipinski definition) is 0. The third-order valence-corrected chi connectivity index (χ3v) is 2.96. The summed E-state index contributed by atoms with van der Waals surface area (Å²) in [5.41, 5.74) is 3.50. The number of aromatic nitrogens is 1. The fourth-order valence-corrected chi connectivity index (χ4v) is 2.15. The summed E-state index contributed by atoms with van der Waals surface area (Å²) in [4.78, 5) is 5.35. The van der Waals surface area contributed by atoms with Crippen molar-refractivity contribution < 1.29 is 4.84 Å². The summed E-state index contributed by atoms with van der Waals surface area (Å²) in [7, 11) is 1.68. The maximum Gasteiger partial charge on any atom is 0.104 e. The molecule has 3 aromatic rings. The Bertz CT molecular complexity index is 640. The van der Waals surface area contributed by atoms with E-state index in [0.29, 0.717) is 0 Å². The van der Waals surface area contributed by atoms with E-state index in [4.69, 9.17) is 4.84 Å². The van der Waals surface area contributed by atoms with E-state index in [9.17, 15) is 0 Å². The van der Waals surface area contributed by atoms with Crippen molar-refractivity contribution in [3.8, 4) is 11.1 Å². The van der Waals surface area contributed by atoms with Gasteiger partial charge in [-0.25, -0.2) is 0 Å². The summed E-state index contributed by atoms with van der Waals surface area (Å²) < 4.78 is 1.80. The minimum atomic E-state index is 1.09. The lowest BCUT2D eigenvalue weighted by Gasteiger charge is -2.00. The van der Waals surface area contributed by atoms with Gasteiger partial charge in [-0.15, -0.1) is 0 Å². The molecule has 0 spiro atoms. The molecule has 0 aliphatic rings. The van der Waals surface area contributed by atoms with Gasteiger partial charge in [0.2, 0.25) is 0 Å². The summed E-state index contributed by atoms with van der Waals surface area (Å²) >= 11 is 0. The first-order valence-electron chi connectivity index (χ1n) is 5.60. The summed E-state index contributed by atoms with van der Waals surface area (Å²) in [5, 5.41) is 1.21. The standard InChI is InChI=1S/C15H13NO/c1-17-16-11-14(12-7-3-2-4-8-12)13-9-5-6-10-15(13)16/h2-11H,1H3. The number of para-hydroxylation sites is 1. The van der Waals surface area contributed by atoms with Crippen LogP contribution in [0.1, 0.15) is 0 Å². The first-order chi connectivity index (χ1) is 8.40. The Balaban J connectivity index is 2.31. The lowest BCUT2D eigenvalue weighted by molar-refractivity contribution is 0.179. The minimum Gasteiger partial charge on any atom is -0.417 e. The molecule has 1 heterocycles. The number of benzene rings is 2. The predicted molar refractivity (Wildman–Crippen MR) is 69.9 cm³/mol. The molecule has 2 heteroatoms. The average Bonchev–Trinajstić information content (AvgIpc) is 2.78. The molecule has 17 heavy (non-hydrogen) atoms. The fourth-order valence-electron chi connectivity index (χ4n) is 2.15. The van der Waals surface area contributed by atoms with E-state index in [-0.39, 0.29) is 0 Å². The SMILES string of the molecule is COn1cc(-c2ccccc2)c2ccccc21. The Morgan fingerprint density at radius 3 is 2.35 bits per heavy atom. The number of rotatable bonds is 2. The third-order valence-electron chi connectivity index (χ3n) is 2.96. The van der Waals surface area contributed by atoms with Crippen LogP contribution in [0.2, 0.25) is 0 Å². The lowest BCUT2D eigenvalue weighted by Crippen LogP contribution is -2.02. The number of hydrogen-bond acceptors (Lipinski definition) is 1. The highest BCUT2D eigenvalue weighted by Crippen LogP contribution is 2.29. The van der Waals surface area contributed by atoms with Crippen molar-refractivity contribution in [2.24, 2.45) is 0 Å². The minimum absolute atomic E-state index is 1.09. The molecule has 0 radical (unpaired) electrons. The normalized spacial score (nSPS) is 10.6. The summed E-state index contributed by atoms with van der Waals surface area (Å²) in [6.45, 7) is 0. The van der Waals surface area contributed by atoms with Crippen molar-refractivity contribution in [3.05, 3.63) is 60.8 Å². The summed E-state index contributed by atoms with van der Waals surface area (Å²) in [6.07, 6.45) is 2.03. The van der Waals surface area contributed by atoms with Crippen molar-refractivity contribution in [3.63, 3.8) is 0 Å². The molecular weight excluding hydrogens is 210 g/mol. The smallest absolute Gasteiger partial charge is 0.104 e. The van der Waals surface area contributed by atoms with Crippen LogP contribution in [0.15, 0.2) is 60.8 Å². The Kier molecular flexibility index (Phi) is 2.33. The van der Waals surface area contributed by atoms with Gasteiger partial charge >= 0.3 is 0 Å². The molecule has 2 aromatic carbocycles. The van der Waals surface area contributed by atoms with E-state index in [2.05, 4.69) is 30.3 Å². The van der Waals surface area contributed by atoms with Gasteiger partial charge in [-0.1, -0.05) is 48.5 Å². The highest BCUT2D eigenvalue weighted by molar-refractivity contribution is 5.95. The van der Waals surface area contributed by atoms with E-state index < -0.39 is 0 Å². The molecule has 0 aliphatic heterocycles. The van der Waals surface area contributed by atoms with Crippen LogP contribution in [0.5, 0.6) is 0 Å². The van der Waals surface area contributed by atoms with Gasteiger partial charge in [0.15, 0.2) is 0 Å². The Labute approximate surface area is 100 Å². The number of nitrogens with zero attached hydrogens (tertiary/aromatic N) is 1. The van der Waals surface area contributed by atoms with Crippen molar-refractivity contribution in [1.82, 2.24) is 4.73 Å². The Morgan fingerprint density at radius 2 is 1.59 bits per heavy atom. The van der Waals surface area contributed by atoms with E-state index >= 15 is 0 Å². The molecular formula is C15H13NO. The van der Waals surface area contributed by atoms with Gasteiger partial charge in [0, 0.05) is 10.9 Å². The van der Waals surface area contributed by atoms with Gasteiger partial charge in [-0.3, -0.25) is 0 Å². The summed E-state index contributed by atoms with van der Waals surface area (Å²) in [5.74, 6) is 0. The first kappa shape index (κ1) is 9.97. The van der Waals surface area contributed by atoms with Crippen molar-refractivity contribution in [1.29, 1.82) is 0 Å². The average molecular weight is 223 g/mol. The van der Waals surface area contributed by atoms with Crippen molar-refractivity contribution in [2.45, 2.75) is 0 Å². The quantitative estimate of drug-likeness (QED) is 0.649. The highest BCUT2D eigenvalue weighted by Gasteiger charge is 2.09. The van der Waals surface area contributed by atoms with Crippen LogP contribution in [-0.4, -0.2) is 11.8 Å². The molecule has 0 saturated heterocycles. The zero-order chi connectivity index (χ0) is 11.7. The van der Waals surface area contributed by atoms with Gasteiger partial charge in [0.1, 0.15) is 7.11 Å². The van der Waals surface area contributed by atoms with Crippen LogP contribution >= 0.6 is 0 Å². The molecule has 1 aromatic heterocycles. The second-order valence-electron chi connectivity index (χ2n) is 3.93. The second-order valence-corrected chi connectivity index (χ2v) is 3.93. The maximum absolute atomic E-state index is 5.35. The molecule has 0 fully saturated rings. The molecule has 0 amide bonds. The van der Waals surface area contributed by atoms with E-state index in [1.165, 1.54) is 16.5 Å². The Morgan fingerprint density at radius 1 is 0.882 bits per heavy atom. The molecule has 0 atom stereocenters. The summed E-state index contributed by atoms with van der Waals surface area (Å²) in [6, 6.07) is 18.6. The van der Waals surface area contributed by atoms with Crippen LogP contribution in [0.25, 0.3) is 22.0 Å². The zero-order valence-corrected chi connectivity index (χ0v) is 9.63. The molecule has 3 rings (SSSR count). The van der Waals surface area contributed by atoms with Gasteiger partial charge in [0.05, 0.1) is 11.7 Å². The highest BCUT2D eigenvalue weighted by atomic mass is 16.6. The van der Waals surface area contributed by atoms with E-state index in [0.717, 1.165) is 5.52 Å². The third kappa shape index (κ3) is 1.58. The monoisotopic (exact) mass is 223 g/mol. The fraction of sp³-hybridized carbons (Fsp3) is 0.0667. The molecule has 0 unspecified atom stereocenters. The van der Waals surface area contributed by atoms with Crippen LogP contribution in [-0.2, 0) is 0 Å². The molecule has 2 nitrogen and oxygen atoms in total. The molecule has 0 saturated carbocycles. The van der Waals surface area contributed by atoms with Crippen molar-refractivity contribution in [2.75, 3.05) is 7.11 Å². The topological polar surface area (TPSA) is 14.2 Å². The van der Waals surface area contributed by atoms with Gasteiger partial charge in [-0.2, -0.15) is 4.73 Å². The van der Waals surface area contributed by atoms with Gasteiger partial charge in [0.25, 0.3) is 0 Å². The van der Waals surface area contributed by atoms with Crippen molar-refractivity contribution >= 4 is 10.9 Å². The van der Waals surface area contributed by atoms with E-state index in [1.807, 2.05) is 30.5 Å². The molecule has 0 bridgehead atoms. The number of fused-ring (bicyclic) bond motifs is 1. The first-order valence-corrected chi connectivity index (χ1v) is 5.60. The Hall–Kier alpha value is -2.22. The molecule has 0 N–H and O–H groups in total. The molecule has 0 aliphatic carbocycles. The van der Waals surface area contributed by atoms with Crippen LogP contribution in [0.3, 0.4) is 0 Å². The lowest BCUT2D eigenvalue weighted by atomic mass is 10.1. The van der Waals surface area contributed by atoms with Crippen LogP contribution in [0.4, 0.5) is 0 Å². The van der Waals surface area contributed by atoms with Crippen LogP contribution < -0.4 is 4.84 Å².